The highest BCUT2D eigenvalue weighted by molar-refractivity contribution is 7.10. The minimum absolute atomic E-state index is 0.0439. The number of piperazine rings is 1. The van der Waals surface area contributed by atoms with Crippen molar-refractivity contribution in [3.05, 3.63) is 57.5 Å². The summed E-state index contributed by atoms with van der Waals surface area (Å²) in [6, 6.07) is 8.86. The van der Waals surface area contributed by atoms with Gasteiger partial charge in [0, 0.05) is 37.6 Å². The Kier molecular flexibility index (Phi) is 4.83. The van der Waals surface area contributed by atoms with E-state index in [-0.39, 0.29) is 17.8 Å². The lowest BCUT2D eigenvalue weighted by Crippen LogP contribution is -2.50. The van der Waals surface area contributed by atoms with E-state index in [0.717, 1.165) is 44.7 Å². The number of hydrogen-bond acceptors (Lipinski definition) is 4. The van der Waals surface area contributed by atoms with E-state index in [1.54, 1.807) is 23.5 Å². The van der Waals surface area contributed by atoms with Gasteiger partial charge in [0.25, 0.3) is 0 Å². The summed E-state index contributed by atoms with van der Waals surface area (Å²) < 4.78 is 13.8. The van der Waals surface area contributed by atoms with Crippen LogP contribution in [0.2, 0.25) is 0 Å². The maximum Gasteiger partial charge on any atom is 0.236 e. The molecule has 3 heterocycles. The average molecular weight is 359 g/mol. The van der Waals surface area contributed by atoms with E-state index >= 15 is 0 Å². The monoisotopic (exact) mass is 359 g/mol. The third-order valence-corrected chi connectivity index (χ3v) is 6.03. The van der Waals surface area contributed by atoms with Crippen LogP contribution in [0, 0.1) is 5.82 Å². The first-order valence-corrected chi connectivity index (χ1v) is 9.64. The van der Waals surface area contributed by atoms with Crippen LogP contribution >= 0.6 is 11.3 Å². The largest absolute Gasteiger partial charge is 0.339 e. The normalized spacial score (nSPS) is 21.2. The Morgan fingerprint density at radius 2 is 2.08 bits per heavy atom. The van der Waals surface area contributed by atoms with Crippen LogP contribution in [0.15, 0.2) is 35.7 Å². The van der Waals surface area contributed by atoms with Crippen LogP contribution in [0.3, 0.4) is 0 Å². The average Bonchev–Trinajstić information content (AvgIpc) is 3.11. The van der Waals surface area contributed by atoms with E-state index in [0.29, 0.717) is 6.54 Å². The van der Waals surface area contributed by atoms with Crippen LogP contribution in [0.4, 0.5) is 4.39 Å². The molecule has 0 aliphatic carbocycles. The first-order valence-electron chi connectivity index (χ1n) is 8.76. The van der Waals surface area contributed by atoms with Crippen molar-refractivity contribution < 1.29 is 9.18 Å². The molecule has 1 N–H and O–H groups in total. The van der Waals surface area contributed by atoms with E-state index in [1.807, 2.05) is 11.0 Å². The number of halogens is 1. The number of hydrogen-bond donors (Lipinski definition) is 1. The molecule has 6 heteroatoms. The highest BCUT2D eigenvalue weighted by Crippen LogP contribution is 2.37. The number of fused-ring (bicyclic) bond motifs is 1. The van der Waals surface area contributed by atoms with Crippen molar-refractivity contribution in [2.75, 3.05) is 39.3 Å². The van der Waals surface area contributed by atoms with E-state index in [2.05, 4.69) is 21.7 Å². The molecule has 1 saturated heterocycles. The van der Waals surface area contributed by atoms with Gasteiger partial charge in [-0.1, -0.05) is 12.1 Å². The van der Waals surface area contributed by atoms with Gasteiger partial charge in [-0.3, -0.25) is 9.69 Å². The summed E-state index contributed by atoms with van der Waals surface area (Å²) in [5.41, 5.74) is 2.14. The fraction of sp³-hybridized carbons (Fsp3) is 0.421. The zero-order valence-electron chi connectivity index (χ0n) is 14.1. The van der Waals surface area contributed by atoms with Gasteiger partial charge in [-0.2, -0.15) is 0 Å². The van der Waals surface area contributed by atoms with Crippen molar-refractivity contribution in [3.8, 4) is 0 Å². The molecule has 0 radical (unpaired) electrons. The lowest BCUT2D eigenvalue weighted by molar-refractivity contribution is -0.133. The van der Waals surface area contributed by atoms with E-state index in [4.69, 9.17) is 0 Å². The molecule has 25 heavy (non-hydrogen) atoms. The standard InChI is InChI=1S/C19H22FN3OS/c20-15-3-1-2-14(12-15)19-16-5-11-25-17(16)4-8-23(19)13-18(24)22-9-6-21-7-10-22/h1-3,5,11-12,19,21H,4,6-10,13H2. The molecule has 4 rings (SSSR count). The van der Waals surface area contributed by atoms with Crippen LogP contribution in [0.25, 0.3) is 0 Å². The second-order valence-electron chi connectivity index (χ2n) is 6.61. The quantitative estimate of drug-likeness (QED) is 0.913. The molecule has 1 atom stereocenters. The topological polar surface area (TPSA) is 35.6 Å². The number of amides is 1. The molecule has 0 spiro atoms. The molecule has 1 aromatic heterocycles. The first-order chi connectivity index (χ1) is 12.2. The van der Waals surface area contributed by atoms with Crippen molar-refractivity contribution in [1.29, 1.82) is 0 Å². The Morgan fingerprint density at radius 3 is 2.88 bits per heavy atom. The lowest BCUT2D eigenvalue weighted by Gasteiger charge is -2.37. The van der Waals surface area contributed by atoms with Gasteiger partial charge in [0.05, 0.1) is 12.6 Å². The molecule has 1 aromatic carbocycles. The maximum absolute atomic E-state index is 13.8. The third kappa shape index (κ3) is 3.47. The van der Waals surface area contributed by atoms with Gasteiger partial charge >= 0.3 is 0 Å². The molecule has 2 aliphatic heterocycles. The van der Waals surface area contributed by atoms with Crippen molar-refractivity contribution in [2.24, 2.45) is 0 Å². The Bertz CT molecular complexity index is 757. The summed E-state index contributed by atoms with van der Waals surface area (Å²) in [5, 5.41) is 5.37. The molecule has 0 bridgehead atoms. The Labute approximate surface area is 151 Å². The summed E-state index contributed by atoms with van der Waals surface area (Å²) in [6.07, 6.45) is 0.952. The smallest absolute Gasteiger partial charge is 0.236 e. The highest BCUT2D eigenvalue weighted by Gasteiger charge is 2.32. The predicted molar refractivity (Wildman–Crippen MR) is 97.3 cm³/mol. The molecular formula is C19H22FN3OS. The summed E-state index contributed by atoms with van der Waals surface area (Å²) in [7, 11) is 0. The SMILES string of the molecule is O=C(CN1CCc2sccc2C1c1cccc(F)c1)N1CCNCC1. The number of nitrogens with zero attached hydrogens (tertiary/aromatic N) is 2. The number of carbonyl (C=O) groups is 1. The molecule has 4 nitrogen and oxygen atoms in total. The van der Waals surface area contributed by atoms with Crippen LogP contribution in [-0.4, -0.2) is 55.0 Å². The molecule has 1 fully saturated rings. The maximum atomic E-state index is 13.8. The van der Waals surface area contributed by atoms with Crippen molar-refractivity contribution >= 4 is 17.2 Å². The highest BCUT2D eigenvalue weighted by atomic mass is 32.1. The van der Waals surface area contributed by atoms with E-state index < -0.39 is 0 Å². The summed E-state index contributed by atoms with van der Waals surface area (Å²) in [6.45, 7) is 4.45. The number of thiophene rings is 1. The summed E-state index contributed by atoms with van der Waals surface area (Å²) in [4.78, 5) is 18.2. The molecule has 2 aliphatic rings. The minimum atomic E-state index is -0.228. The van der Waals surface area contributed by atoms with Crippen molar-refractivity contribution in [2.45, 2.75) is 12.5 Å². The molecular weight excluding hydrogens is 337 g/mol. The molecule has 2 aromatic rings. The van der Waals surface area contributed by atoms with Crippen LogP contribution in [0.5, 0.6) is 0 Å². The molecule has 0 saturated carbocycles. The van der Waals surface area contributed by atoms with Gasteiger partial charge in [-0.15, -0.1) is 11.3 Å². The third-order valence-electron chi connectivity index (χ3n) is 5.04. The van der Waals surface area contributed by atoms with Crippen LogP contribution in [-0.2, 0) is 11.2 Å². The van der Waals surface area contributed by atoms with Crippen molar-refractivity contribution in [1.82, 2.24) is 15.1 Å². The zero-order chi connectivity index (χ0) is 17.2. The Balaban J connectivity index is 1.60. The van der Waals surface area contributed by atoms with Gasteiger partial charge in [0.1, 0.15) is 5.82 Å². The number of nitrogens with one attached hydrogen (secondary N) is 1. The summed E-state index contributed by atoms with van der Waals surface area (Å²) in [5.74, 6) is -0.0604. The number of carbonyl (C=O) groups excluding carboxylic acids is 1. The van der Waals surface area contributed by atoms with E-state index in [9.17, 15) is 9.18 Å². The minimum Gasteiger partial charge on any atom is -0.339 e. The fourth-order valence-corrected chi connectivity index (χ4v) is 4.70. The van der Waals surface area contributed by atoms with E-state index in [1.165, 1.54) is 16.5 Å². The van der Waals surface area contributed by atoms with Gasteiger partial charge in [0.15, 0.2) is 0 Å². The van der Waals surface area contributed by atoms with Gasteiger partial charge in [0.2, 0.25) is 5.91 Å². The van der Waals surface area contributed by atoms with Gasteiger partial charge < -0.3 is 10.2 Å². The Morgan fingerprint density at radius 1 is 1.24 bits per heavy atom. The molecule has 132 valence electrons. The summed E-state index contributed by atoms with van der Waals surface area (Å²) >= 11 is 1.75. The number of benzene rings is 1. The first kappa shape index (κ1) is 16.7. The van der Waals surface area contributed by atoms with Crippen LogP contribution < -0.4 is 5.32 Å². The second kappa shape index (κ2) is 7.23. The second-order valence-corrected chi connectivity index (χ2v) is 7.61. The zero-order valence-corrected chi connectivity index (χ0v) is 14.9. The van der Waals surface area contributed by atoms with Gasteiger partial charge in [-0.05, 0) is 41.1 Å². The lowest BCUT2D eigenvalue weighted by atomic mass is 9.93. The van der Waals surface area contributed by atoms with Crippen molar-refractivity contribution in [3.63, 3.8) is 0 Å². The predicted octanol–water partition coefficient (Wildman–Crippen LogP) is 2.27. The Hall–Kier alpha value is -1.76. The number of rotatable bonds is 3. The van der Waals surface area contributed by atoms with Crippen LogP contribution in [0.1, 0.15) is 22.0 Å². The molecule has 1 amide bonds. The fourth-order valence-electron chi connectivity index (χ4n) is 3.79. The van der Waals surface area contributed by atoms with Gasteiger partial charge in [-0.25, -0.2) is 4.39 Å². The molecule has 1 unspecified atom stereocenters.